The Morgan fingerprint density at radius 1 is 1.34 bits per heavy atom. The van der Waals surface area contributed by atoms with Gasteiger partial charge in [0.15, 0.2) is 9.88 Å². The van der Waals surface area contributed by atoms with Gasteiger partial charge in [-0.1, -0.05) is 41.3 Å². The topological polar surface area (TPSA) is 140 Å². The summed E-state index contributed by atoms with van der Waals surface area (Å²) in [7, 11) is 0. The van der Waals surface area contributed by atoms with Crippen LogP contribution < -0.4 is 15.4 Å². The number of hydrogen-bond donors (Lipinski definition) is 2. The number of nitrogens with one attached hydrogen (secondary N) is 2. The number of rotatable bonds is 7. The Bertz CT molecular complexity index is 1080. The average Bonchev–Trinajstić information content (AvgIpc) is 3.31. The summed E-state index contributed by atoms with van der Waals surface area (Å²) in [5.41, 5.74) is -0.675. The van der Waals surface area contributed by atoms with Crippen LogP contribution in [0.1, 0.15) is 18.9 Å². The SMILES string of the molecule is CCOC(=O)CSc1nnc(NC(=O)CN2C(=O)N[C@]3(CCOc4ccccc43)C2=O)s1. The molecule has 2 N–H and O–H groups in total. The third kappa shape index (κ3) is 4.25. The fourth-order valence-electron chi connectivity index (χ4n) is 3.46. The van der Waals surface area contributed by atoms with Gasteiger partial charge in [-0.3, -0.25) is 24.6 Å². The number of para-hydroxylation sites is 1. The molecule has 1 aromatic carbocycles. The third-order valence-corrected chi connectivity index (χ3v) is 6.78. The normalized spacial score (nSPS) is 19.3. The van der Waals surface area contributed by atoms with Crippen LogP contribution in [-0.2, 0) is 24.7 Å². The van der Waals surface area contributed by atoms with E-state index in [1.165, 1.54) is 0 Å². The molecule has 11 nitrogen and oxygen atoms in total. The van der Waals surface area contributed by atoms with Gasteiger partial charge in [0.05, 0.1) is 19.0 Å². The van der Waals surface area contributed by atoms with Gasteiger partial charge in [0.25, 0.3) is 5.91 Å². The molecule has 0 aliphatic carbocycles. The number of ether oxygens (including phenoxy) is 2. The van der Waals surface area contributed by atoms with Gasteiger partial charge in [-0.2, -0.15) is 0 Å². The Morgan fingerprint density at radius 2 is 2.16 bits per heavy atom. The van der Waals surface area contributed by atoms with Gasteiger partial charge in [-0.25, -0.2) is 4.79 Å². The lowest BCUT2D eigenvalue weighted by atomic mass is 9.84. The summed E-state index contributed by atoms with van der Waals surface area (Å²) in [6, 6.07) is 6.36. The van der Waals surface area contributed by atoms with Crippen molar-refractivity contribution in [2.75, 3.05) is 30.8 Å². The molecular formula is C19H19N5O6S2. The zero-order valence-electron chi connectivity index (χ0n) is 17.0. The number of anilines is 1. The fraction of sp³-hybridized carbons (Fsp3) is 0.368. The minimum absolute atomic E-state index is 0.0755. The number of nitrogens with zero attached hydrogens (tertiary/aromatic N) is 3. The maximum Gasteiger partial charge on any atom is 0.325 e. The van der Waals surface area contributed by atoms with Gasteiger partial charge in [0.1, 0.15) is 12.3 Å². The van der Waals surface area contributed by atoms with Crippen molar-refractivity contribution < 1.29 is 28.7 Å². The first kappa shape index (κ1) is 22.0. The smallest absolute Gasteiger partial charge is 0.325 e. The van der Waals surface area contributed by atoms with Crippen molar-refractivity contribution >= 4 is 52.0 Å². The van der Waals surface area contributed by atoms with Gasteiger partial charge in [0.2, 0.25) is 11.0 Å². The van der Waals surface area contributed by atoms with Crippen LogP contribution in [0.5, 0.6) is 5.75 Å². The molecule has 1 aromatic heterocycles. The van der Waals surface area contributed by atoms with Crippen molar-refractivity contribution in [2.24, 2.45) is 0 Å². The minimum Gasteiger partial charge on any atom is -0.493 e. The molecular weight excluding hydrogens is 458 g/mol. The van der Waals surface area contributed by atoms with E-state index in [9.17, 15) is 19.2 Å². The monoisotopic (exact) mass is 477 g/mol. The van der Waals surface area contributed by atoms with Gasteiger partial charge in [0, 0.05) is 12.0 Å². The Labute approximate surface area is 190 Å². The van der Waals surface area contributed by atoms with Crippen molar-refractivity contribution in [2.45, 2.75) is 23.2 Å². The molecule has 1 spiro atoms. The molecule has 1 atom stereocenters. The third-order valence-electron chi connectivity index (χ3n) is 4.83. The lowest BCUT2D eigenvalue weighted by Crippen LogP contribution is -2.48. The van der Waals surface area contributed by atoms with E-state index in [1.54, 1.807) is 31.2 Å². The van der Waals surface area contributed by atoms with Crippen molar-refractivity contribution in [1.82, 2.24) is 20.4 Å². The summed E-state index contributed by atoms with van der Waals surface area (Å²) in [6.07, 6.45) is 0.268. The molecule has 2 aliphatic heterocycles. The highest BCUT2D eigenvalue weighted by Crippen LogP contribution is 2.40. The highest BCUT2D eigenvalue weighted by atomic mass is 32.2. The second-order valence-electron chi connectivity index (χ2n) is 6.84. The first-order chi connectivity index (χ1) is 15.4. The van der Waals surface area contributed by atoms with Crippen LogP contribution in [0.2, 0.25) is 0 Å². The molecule has 0 radical (unpaired) electrons. The number of benzene rings is 1. The number of hydrogen-bond acceptors (Lipinski definition) is 10. The van der Waals surface area contributed by atoms with Crippen molar-refractivity contribution in [3.05, 3.63) is 29.8 Å². The molecule has 168 valence electrons. The van der Waals surface area contributed by atoms with E-state index in [0.717, 1.165) is 28.0 Å². The van der Waals surface area contributed by atoms with Gasteiger partial charge in [-0.15, -0.1) is 10.2 Å². The number of aromatic nitrogens is 2. The number of urea groups is 1. The Kier molecular flexibility index (Phi) is 6.28. The van der Waals surface area contributed by atoms with Gasteiger partial charge < -0.3 is 14.8 Å². The Balaban J connectivity index is 1.39. The maximum absolute atomic E-state index is 13.2. The van der Waals surface area contributed by atoms with Crippen molar-refractivity contribution in [3.8, 4) is 5.75 Å². The maximum atomic E-state index is 13.2. The van der Waals surface area contributed by atoms with Crippen LogP contribution in [0.15, 0.2) is 28.6 Å². The number of carbonyl (C=O) groups excluding carboxylic acids is 4. The predicted molar refractivity (Wildman–Crippen MR) is 114 cm³/mol. The second kappa shape index (κ2) is 9.12. The van der Waals surface area contributed by atoms with Crippen molar-refractivity contribution in [3.63, 3.8) is 0 Å². The number of imide groups is 1. The average molecular weight is 478 g/mol. The minimum atomic E-state index is -1.24. The van der Waals surface area contributed by atoms with E-state index in [1.807, 2.05) is 0 Å². The molecule has 1 saturated heterocycles. The summed E-state index contributed by atoms with van der Waals surface area (Å²) in [4.78, 5) is 50.5. The summed E-state index contributed by atoms with van der Waals surface area (Å²) in [6.45, 7) is 1.80. The summed E-state index contributed by atoms with van der Waals surface area (Å²) >= 11 is 2.21. The van der Waals surface area contributed by atoms with Crippen LogP contribution in [-0.4, -0.2) is 64.4 Å². The zero-order valence-corrected chi connectivity index (χ0v) is 18.6. The highest BCUT2D eigenvalue weighted by molar-refractivity contribution is 8.01. The molecule has 32 heavy (non-hydrogen) atoms. The number of fused-ring (bicyclic) bond motifs is 2. The molecule has 4 amide bonds. The lowest BCUT2D eigenvalue weighted by Gasteiger charge is -2.33. The molecule has 0 bridgehead atoms. The van der Waals surface area contributed by atoms with Crippen molar-refractivity contribution in [1.29, 1.82) is 0 Å². The number of thioether (sulfide) groups is 1. The molecule has 2 aliphatic rings. The summed E-state index contributed by atoms with van der Waals surface area (Å²) in [5, 5.41) is 13.2. The summed E-state index contributed by atoms with van der Waals surface area (Å²) in [5.74, 6) is -0.868. The Morgan fingerprint density at radius 3 is 2.97 bits per heavy atom. The van der Waals surface area contributed by atoms with Crippen LogP contribution in [0.4, 0.5) is 9.93 Å². The van der Waals surface area contributed by atoms with E-state index in [0.29, 0.717) is 22.3 Å². The molecule has 2 aromatic rings. The van der Waals surface area contributed by atoms with E-state index in [-0.39, 0.29) is 29.9 Å². The van der Waals surface area contributed by atoms with Gasteiger partial charge in [-0.05, 0) is 13.0 Å². The number of esters is 1. The zero-order chi connectivity index (χ0) is 22.7. The number of carbonyl (C=O) groups is 4. The van der Waals surface area contributed by atoms with Crippen LogP contribution in [0, 0.1) is 0 Å². The molecule has 13 heteroatoms. The second-order valence-corrected chi connectivity index (χ2v) is 9.04. The molecule has 1 fully saturated rings. The van der Waals surface area contributed by atoms with E-state index >= 15 is 0 Å². The highest BCUT2D eigenvalue weighted by Gasteiger charge is 2.55. The van der Waals surface area contributed by atoms with Crippen LogP contribution >= 0.6 is 23.1 Å². The predicted octanol–water partition coefficient (Wildman–Crippen LogP) is 1.36. The standard InChI is InChI=1S/C19H19N5O6S2/c1-2-29-14(26)10-31-18-23-22-16(32-18)20-13(25)9-24-15(27)19(21-17(24)28)7-8-30-12-6-4-3-5-11(12)19/h3-6H,2,7-10H2,1H3,(H,21,28)(H,20,22,25)/t19-/m0/s1. The molecule has 4 rings (SSSR count). The van der Waals surface area contributed by atoms with E-state index in [2.05, 4.69) is 20.8 Å². The van der Waals surface area contributed by atoms with E-state index in [4.69, 9.17) is 9.47 Å². The van der Waals surface area contributed by atoms with Gasteiger partial charge >= 0.3 is 12.0 Å². The van der Waals surface area contributed by atoms with Crippen LogP contribution in [0.25, 0.3) is 0 Å². The molecule has 3 heterocycles. The molecule has 0 saturated carbocycles. The fourth-order valence-corrected chi connectivity index (χ4v) is 5.03. The summed E-state index contributed by atoms with van der Waals surface area (Å²) < 4.78 is 10.9. The lowest BCUT2D eigenvalue weighted by molar-refractivity contribution is -0.139. The quantitative estimate of drug-likeness (QED) is 0.262. The Hall–Kier alpha value is -3.19. The molecule has 0 unspecified atom stereocenters. The largest absolute Gasteiger partial charge is 0.493 e. The van der Waals surface area contributed by atoms with Crippen LogP contribution in [0.3, 0.4) is 0 Å². The first-order valence-corrected chi connectivity index (χ1v) is 11.5. The van der Waals surface area contributed by atoms with E-state index < -0.39 is 29.9 Å². The number of amides is 4. The first-order valence-electron chi connectivity index (χ1n) is 9.71.